The van der Waals surface area contributed by atoms with E-state index in [1.54, 1.807) is 25.1 Å². The zero-order valence-electron chi connectivity index (χ0n) is 22.8. The average Bonchev–Trinajstić information content (AvgIpc) is 3.72. The summed E-state index contributed by atoms with van der Waals surface area (Å²) in [5, 5.41) is 5.80. The van der Waals surface area contributed by atoms with E-state index < -0.39 is 27.5 Å². The van der Waals surface area contributed by atoms with Crippen molar-refractivity contribution in [2.24, 2.45) is 7.05 Å². The Bertz CT molecular complexity index is 1530. The lowest BCUT2D eigenvalue weighted by molar-refractivity contribution is 0.0948. The fourth-order valence-electron chi connectivity index (χ4n) is 3.68. The maximum absolute atomic E-state index is 14.7. The van der Waals surface area contributed by atoms with Crippen LogP contribution >= 0.6 is 0 Å². The number of amides is 1. The summed E-state index contributed by atoms with van der Waals surface area (Å²) in [5.41, 5.74) is 0.717. The fraction of sp³-hybridized carbons (Fsp3) is 0.333. The maximum atomic E-state index is 14.7. The van der Waals surface area contributed by atoms with Crippen molar-refractivity contribution in [2.75, 3.05) is 17.1 Å². The molecule has 1 fully saturated rings. The second kappa shape index (κ2) is 12.3. The minimum atomic E-state index is -3.78. The van der Waals surface area contributed by atoms with E-state index in [-0.39, 0.29) is 45.9 Å². The number of anilines is 3. The van der Waals surface area contributed by atoms with E-state index in [0.717, 1.165) is 12.8 Å². The van der Waals surface area contributed by atoms with Crippen molar-refractivity contribution in [2.45, 2.75) is 46.6 Å². The number of hydrogen-bond acceptors (Lipinski definition) is 6. The Morgan fingerprint density at radius 1 is 1.10 bits per heavy atom. The molecule has 1 aliphatic rings. The second-order valence-corrected chi connectivity index (χ2v) is 10.5. The first-order valence-electron chi connectivity index (χ1n) is 12.6. The van der Waals surface area contributed by atoms with Crippen LogP contribution in [0.25, 0.3) is 0 Å². The zero-order chi connectivity index (χ0) is 28.9. The van der Waals surface area contributed by atoms with Crippen molar-refractivity contribution in [3.63, 3.8) is 0 Å². The summed E-state index contributed by atoms with van der Waals surface area (Å²) in [6.07, 6.45) is 1.66. The van der Waals surface area contributed by atoms with Gasteiger partial charge in [-0.15, -0.1) is 0 Å². The van der Waals surface area contributed by atoms with Crippen molar-refractivity contribution >= 4 is 33.3 Å². The van der Waals surface area contributed by atoms with Gasteiger partial charge >= 0.3 is 0 Å². The van der Waals surface area contributed by atoms with Gasteiger partial charge in [-0.2, -0.15) is 8.42 Å². The molecule has 0 saturated heterocycles. The van der Waals surface area contributed by atoms with Crippen LogP contribution in [0.1, 0.15) is 48.2 Å². The van der Waals surface area contributed by atoms with Crippen molar-refractivity contribution in [3.8, 4) is 11.5 Å². The van der Waals surface area contributed by atoms with E-state index in [2.05, 4.69) is 20.1 Å². The molecule has 1 aliphatic carbocycles. The third-order valence-electron chi connectivity index (χ3n) is 5.86. The molecule has 1 saturated carbocycles. The summed E-state index contributed by atoms with van der Waals surface area (Å²) < 4.78 is 50.3. The van der Waals surface area contributed by atoms with Crippen LogP contribution in [-0.2, 0) is 17.3 Å². The minimum absolute atomic E-state index is 0.00105. The number of carbonyl (C=O) groups excluding carboxylic acids is 1. The molecule has 0 radical (unpaired) electrons. The molecule has 1 aromatic heterocycles. The molecular weight excluding hydrogens is 525 g/mol. The lowest BCUT2D eigenvalue weighted by Gasteiger charge is -2.21. The molecule has 0 unspecified atom stereocenters. The van der Waals surface area contributed by atoms with Crippen molar-refractivity contribution < 1.29 is 22.3 Å². The molecule has 3 aromatic rings. The molecule has 10 nitrogen and oxygen atoms in total. The SMILES string of the molecule is CC.CNS(=O)(=O)Nc1cccc(Oc2c(C(=O)NC3CC3)c(Nc3ccc(C)cc3F)n(C)c(=O)c2C)c1. The van der Waals surface area contributed by atoms with E-state index in [0.29, 0.717) is 5.56 Å². The summed E-state index contributed by atoms with van der Waals surface area (Å²) in [6, 6.07) is 10.6. The Kier molecular flexibility index (Phi) is 9.36. The quantitative estimate of drug-likeness (QED) is 0.306. The Hall–Kier alpha value is -3.90. The number of carbonyl (C=O) groups is 1. The minimum Gasteiger partial charge on any atom is -0.456 e. The molecule has 0 bridgehead atoms. The van der Waals surface area contributed by atoms with Gasteiger partial charge in [-0.05, 0) is 56.5 Å². The maximum Gasteiger partial charge on any atom is 0.298 e. The zero-order valence-corrected chi connectivity index (χ0v) is 23.6. The fourth-order valence-corrected chi connectivity index (χ4v) is 4.22. The van der Waals surface area contributed by atoms with E-state index in [1.165, 1.54) is 49.9 Å². The van der Waals surface area contributed by atoms with Crippen LogP contribution in [0.5, 0.6) is 11.5 Å². The highest BCUT2D eigenvalue weighted by Crippen LogP contribution is 2.35. The smallest absolute Gasteiger partial charge is 0.298 e. The van der Waals surface area contributed by atoms with Gasteiger partial charge in [-0.3, -0.25) is 18.9 Å². The molecule has 4 rings (SSSR count). The van der Waals surface area contributed by atoms with E-state index in [1.807, 2.05) is 13.8 Å². The molecule has 0 aliphatic heterocycles. The van der Waals surface area contributed by atoms with Crippen LogP contribution in [0.3, 0.4) is 0 Å². The lowest BCUT2D eigenvalue weighted by Crippen LogP contribution is -2.31. The van der Waals surface area contributed by atoms with Crippen LogP contribution in [0.2, 0.25) is 0 Å². The molecule has 39 heavy (non-hydrogen) atoms. The summed E-state index contributed by atoms with van der Waals surface area (Å²) in [7, 11) is -1.03. The van der Waals surface area contributed by atoms with Crippen LogP contribution in [0.4, 0.5) is 21.6 Å². The third-order valence-corrected chi connectivity index (χ3v) is 6.90. The highest BCUT2D eigenvalue weighted by Gasteiger charge is 2.30. The first-order chi connectivity index (χ1) is 18.5. The number of aryl methyl sites for hydroxylation is 1. The molecule has 0 atom stereocenters. The number of nitrogens with one attached hydrogen (secondary N) is 4. The third kappa shape index (κ3) is 7.15. The van der Waals surface area contributed by atoms with Crippen molar-refractivity contribution in [1.29, 1.82) is 0 Å². The summed E-state index contributed by atoms with van der Waals surface area (Å²) in [5.74, 6) is -0.823. The summed E-state index contributed by atoms with van der Waals surface area (Å²) in [4.78, 5) is 26.6. The average molecular weight is 560 g/mol. The number of hydrogen-bond donors (Lipinski definition) is 4. The summed E-state index contributed by atoms with van der Waals surface area (Å²) in [6.45, 7) is 7.27. The van der Waals surface area contributed by atoms with Gasteiger partial charge in [0.25, 0.3) is 21.7 Å². The van der Waals surface area contributed by atoms with Gasteiger partial charge in [0.1, 0.15) is 22.9 Å². The number of ether oxygens (including phenoxy) is 1. The molecular formula is C27H34FN5O5S. The van der Waals surface area contributed by atoms with Crippen molar-refractivity contribution in [1.82, 2.24) is 14.6 Å². The Labute approximate surface area is 227 Å². The normalized spacial score (nSPS) is 12.7. The van der Waals surface area contributed by atoms with E-state index >= 15 is 0 Å². The Morgan fingerprint density at radius 3 is 2.41 bits per heavy atom. The first-order valence-corrected chi connectivity index (χ1v) is 14.0. The first kappa shape index (κ1) is 29.7. The largest absolute Gasteiger partial charge is 0.456 e. The van der Waals surface area contributed by atoms with Gasteiger partial charge in [0.15, 0.2) is 5.75 Å². The topological polar surface area (TPSA) is 131 Å². The molecule has 12 heteroatoms. The highest BCUT2D eigenvalue weighted by atomic mass is 32.2. The summed E-state index contributed by atoms with van der Waals surface area (Å²) >= 11 is 0. The molecule has 2 aromatic carbocycles. The standard InChI is InChI=1S/C25H28FN5O5S.C2H6/c1-14-8-11-20(19(26)12-14)29-23-21(24(32)28-16-9-10-16)22(15(2)25(33)31(23)4)36-18-7-5-6-17(13-18)30-37(34,35)27-3;1-2/h5-8,11-13,16,27,29-30H,9-10H2,1-4H3,(H,28,32);1-2H3. The molecule has 1 heterocycles. The number of aromatic nitrogens is 1. The highest BCUT2D eigenvalue weighted by molar-refractivity contribution is 7.90. The van der Waals surface area contributed by atoms with Gasteiger partial charge in [-0.1, -0.05) is 26.0 Å². The number of benzene rings is 2. The van der Waals surface area contributed by atoms with Gasteiger partial charge in [0, 0.05) is 26.2 Å². The van der Waals surface area contributed by atoms with Crippen molar-refractivity contribution in [3.05, 3.63) is 75.3 Å². The monoisotopic (exact) mass is 559 g/mol. The van der Waals surface area contributed by atoms with Gasteiger partial charge in [0.05, 0.1) is 16.9 Å². The molecule has 210 valence electrons. The number of pyridine rings is 1. The van der Waals surface area contributed by atoms with Gasteiger partial charge in [0.2, 0.25) is 0 Å². The van der Waals surface area contributed by atoms with E-state index in [9.17, 15) is 22.4 Å². The van der Waals surface area contributed by atoms with Crippen LogP contribution in [-0.4, -0.2) is 32.0 Å². The number of rotatable bonds is 9. The predicted octanol–water partition coefficient (Wildman–Crippen LogP) is 4.47. The molecule has 1 amide bonds. The molecule has 0 spiro atoms. The predicted molar refractivity (Wildman–Crippen MR) is 151 cm³/mol. The molecule has 4 N–H and O–H groups in total. The van der Waals surface area contributed by atoms with Crippen LogP contribution < -0.4 is 30.4 Å². The van der Waals surface area contributed by atoms with Crippen LogP contribution in [0, 0.1) is 19.7 Å². The van der Waals surface area contributed by atoms with E-state index in [4.69, 9.17) is 4.74 Å². The van der Waals surface area contributed by atoms with Crippen LogP contribution in [0.15, 0.2) is 47.3 Å². The number of nitrogens with zero attached hydrogens (tertiary/aromatic N) is 1. The number of halogens is 1. The van der Waals surface area contributed by atoms with Gasteiger partial charge < -0.3 is 15.4 Å². The Balaban J connectivity index is 0.00000205. The lowest BCUT2D eigenvalue weighted by atomic mass is 10.1. The Morgan fingerprint density at radius 2 is 1.79 bits per heavy atom. The van der Waals surface area contributed by atoms with Gasteiger partial charge in [-0.25, -0.2) is 9.11 Å². The second-order valence-electron chi connectivity index (χ2n) is 8.84.